The van der Waals surface area contributed by atoms with Gasteiger partial charge in [0.05, 0.1) is 10.2 Å². The molecule has 0 bridgehead atoms. The summed E-state index contributed by atoms with van der Waals surface area (Å²) in [5.41, 5.74) is 6.85. The first-order valence-electron chi connectivity index (χ1n) is 5.08. The molecule has 82 valence electrons. The summed E-state index contributed by atoms with van der Waals surface area (Å²) in [6, 6.07) is 0. The standard InChI is InChI=1S/C10H10BrN5/c11-6-7(5-1-2-5)15-10(16-8(6)12)9-13-3-4-14-9/h3-5H,1-2H2,(H,13,14)(H2,12,15,16). The van der Waals surface area contributed by atoms with Gasteiger partial charge in [-0.15, -0.1) is 0 Å². The third kappa shape index (κ3) is 1.59. The first kappa shape index (κ1) is 9.77. The maximum atomic E-state index is 5.85. The molecule has 0 saturated heterocycles. The lowest BCUT2D eigenvalue weighted by atomic mass is 10.2. The van der Waals surface area contributed by atoms with Gasteiger partial charge in [-0.1, -0.05) is 0 Å². The van der Waals surface area contributed by atoms with E-state index in [0.29, 0.717) is 23.4 Å². The molecule has 5 nitrogen and oxygen atoms in total. The molecule has 2 heterocycles. The third-order valence-electron chi connectivity index (χ3n) is 2.58. The molecule has 0 atom stereocenters. The summed E-state index contributed by atoms with van der Waals surface area (Å²) in [5.74, 6) is 2.21. The van der Waals surface area contributed by atoms with E-state index in [1.807, 2.05) is 0 Å². The number of nitrogens with one attached hydrogen (secondary N) is 1. The van der Waals surface area contributed by atoms with Crippen molar-refractivity contribution in [2.75, 3.05) is 5.73 Å². The number of aromatic nitrogens is 4. The summed E-state index contributed by atoms with van der Waals surface area (Å²) in [7, 11) is 0. The first-order valence-corrected chi connectivity index (χ1v) is 5.87. The Morgan fingerprint density at radius 3 is 2.81 bits per heavy atom. The first-order chi connectivity index (χ1) is 7.75. The van der Waals surface area contributed by atoms with Crippen molar-refractivity contribution in [3.8, 4) is 11.6 Å². The number of imidazole rings is 1. The lowest BCUT2D eigenvalue weighted by Crippen LogP contribution is -2.02. The summed E-state index contributed by atoms with van der Waals surface area (Å²) in [4.78, 5) is 15.8. The SMILES string of the molecule is Nc1nc(-c2ncc[nH]2)nc(C2CC2)c1Br. The molecular formula is C10H10BrN5. The van der Waals surface area contributed by atoms with Gasteiger partial charge in [0.15, 0.2) is 11.6 Å². The maximum Gasteiger partial charge on any atom is 0.197 e. The average Bonchev–Trinajstić information content (AvgIpc) is 2.96. The van der Waals surface area contributed by atoms with Crippen LogP contribution >= 0.6 is 15.9 Å². The molecule has 1 aliphatic carbocycles. The molecule has 1 fully saturated rings. The molecule has 16 heavy (non-hydrogen) atoms. The van der Waals surface area contributed by atoms with Crippen LogP contribution in [0.4, 0.5) is 5.82 Å². The fraction of sp³-hybridized carbons (Fsp3) is 0.300. The Morgan fingerprint density at radius 1 is 1.38 bits per heavy atom. The van der Waals surface area contributed by atoms with Crippen LogP contribution in [-0.4, -0.2) is 19.9 Å². The summed E-state index contributed by atoms with van der Waals surface area (Å²) >= 11 is 3.44. The van der Waals surface area contributed by atoms with E-state index in [0.717, 1.165) is 10.2 Å². The van der Waals surface area contributed by atoms with Crippen molar-refractivity contribution in [2.45, 2.75) is 18.8 Å². The Bertz CT molecular complexity index is 518. The van der Waals surface area contributed by atoms with Crippen LogP contribution in [0.1, 0.15) is 24.5 Å². The minimum absolute atomic E-state index is 0.475. The Morgan fingerprint density at radius 2 is 2.19 bits per heavy atom. The molecule has 0 amide bonds. The zero-order chi connectivity index (χ0) is 11.1. The number of anilines is 1. The largest absolute Gasteiger partial charge is 0.383 e. The van der Waals surface area contributed by atoms with Crippen molar-refractivity contribution in [2.24, 2.45) is 0 Å². The van der Waals surface area contributed by atoms with Gasteiger partial charge in [-0.2, -0.15) is 0 Å². The Hall–Kier alpha value is -1.43. The van der Waals surface area contributed by atoms with Crippen molar-refractivity contribution < 1.29 is 0 Å². The molecule has 0 spiro atoms. The van der Waals surface area contributed by atoms with Gasteiger partial charge in [0.1, 0.15) is 5.82 Å². The second-order valence-corrected chi connectivity index (χ2v) is 4.64. The monoisotopic (exact) mass is 279 g/mol. The van der Waals surface area contributed by atoms with Gasteiger partial charge in [0.25, 0.3) is 0 Å². The molecule has 0 aromatic carbocycles. The number of H-pyrrole nitrogens is 1. The lowest BCUT2D eigenvalue weighted by molar-refractivity contribution is 0.974. The highest BCUT2D eigenvalue weighted by Crippen LogP contribution is 2.43. The second-order valence-electron chi connectivity index (χ2n) is 3.84. The van der Waals surface area contributed by atoms with Crippen molar-refractivity contribution >= 4 is 21.7 Å². The lowest BCUT2D eigenvalue weighted by Gasteiger charge is -2.06. The molecule has 2 aromatic heterocycles. The molecule has 6 heteroatoms. The van der Waals surface area contributed by atoms with E-state index >= 15 is 0 Å². The van der Waals surface area contributed by atoms with E-state index in [9.17, 15) is 0 Å². The highest BCUT2D eigenvalue weighted by atomic mass is 79.9. The summed E-state index contributed by atoms with van der Waals surface area (Å²) in [6.45, 7) is 0. The van der Waals surface area contributed by atoms with Gasteiger partial charge in [0, 0.05) is 18.3 Å². The van der Waals surface area contributed by atoms with Crippen LogP contribution in [0.5, 0.6) is 0 Å². The van der Waals surface area contributed by atoms with Crippen molar-refractivity contribution in [1.82, 2.24) is 19.9 Å². The van der Waals surface area contributed by atoms with Gasteiger partial charge in [-0.05, 0) is 28.8 Å². The van der Waals surface area contributed by atoms with Crippen LogP contribution in [0.15, 0.2) is 16.9 Å². The molecule has 3 rings (SSSR count). The summed E-state index contributed by atoms with van der Waals surface area (Å²) in [5, 5.41) is 0. The van der Waals surface area contributed by atoms with Crippen LogP contribution in [-0.2, 0) is 0 Å². The zero-order valence-corrected chi connectivity index (χ0v) is 10.0. The Balaban J connectivity index is 2.13. The van der Waals surface area contributed by atoms with Crippen LogP contribution in [0.25, 0.3) is 11.6 Å². The molecule has 1 aliphatic rings. The number of nitrogens with two attached hydrogens (primary N) is 1. The molecule has 0 unspecified atom stereocenters. The number of hydrogen-bond acceptors (Lipinski definition) is 4. The predicted octanol–water partition coefficient (Wildman–Crippen LogP) is 2.09. The van der Waals surface area contributed by atoms with Crippen molar-refractivity contribution in [3.63, 3.8) is 0 Å². The molecular weight excluding hydrogens is 270 g/mol. The quantitative estimate of drug-likeness (QED) is 0.882. The number of rotatable bonds is 2. The number of aromatic amines is 1. The summed E-state index contributed by atoms with van der Waals surface area (Å²) in [6.07, 6.45) is 5.76. The summed E-state index contributed by atoms with van der Waals surface area (Å²) < 4.78 is 0.824. The van der Waals surface area contributed by atoms with Gasteiger partial charge >= 0.3 is 0 Å². The number of nitrogen functional groups attached to an aromatic ring is 1. The van der Waals surface area contributed by atoms with E-state index < -0.39 is 0 Å². The van der Waals surface area contributed by atoms with Gasteiger partial charge in [0.2, 0.25) is 0 Å². The minimum atomic E-state index is 0.475. The van der Waals surface area contributed by atoms with Crippen molar-refractivity contribution in [3.05, 3.63) is 22.6 Å². The fourth-order valence-electron chi connectivity index (χ4n) is 1.60. The Kier molecular flexibility index (Phi) is 2.17. The van der Waals surface area contributed by atoms with Crippen LogP contribution < -0.4 is 5.73 Å². The van der Waals surface area contributed by atoms with E-state index in [1.165, 1.54) is 12.8 Å². The number of nitrogens with zero attached hydrogens (tertiary/aromatic N) is 3. The average molecular weight is 280 g/mol. The van der Waals surface area contributed by atoms with Crippen molar-refractivity contribution in [1.29, 1.82) is 0 Å². The number of halogens is 1. The smallest absolute Gasteiger partial charge is 0.197 e. The third-order valence-corrected chi connectivity index (χ3v) is 3.39. The van der Waals surface area contributed by atoms with Crippen LogP contribution in [0.2, 0.25) is 0 Å². The molecule has 0 radical (unpaired) electrons. The van der Waals surface area contributed by atoms with E-state index in [1.54, 1.807) is 12.4 Å². The number of hydrogen-bond donors (Lipinski definition) is 2. The topological polar surface area (TPSA) is 80.5 Å². The van der Waals surface area contributed by atoms with Crippen LogP contribution in [0, 0.1) is 0 Å². The molecule has 0 aliphatic heterocycles. The van der Waals surface area contributed by atoms with E-state index in [-0.39, 0.29) is 0 Å². The van der Waals surface area contributed by atoms with Gasteiger partial charge in [-0.25, -0.2) is 15.0 Å². The Labute approximate surface area is 101 Å². The predicted molar refractivity (Wildman–Crippen MR) is 63.7 cm³/mol. The molecule has 2 aromatic rings. The van der Waals surface area contributed by atoms with Gasteiger partial charge < -0.3 is 10.7 Å². The minimum Gasteiger partial charge on any atom is -0.383 e. The highest BCUT2D eigenvalue weighted by molar-refractivity contribution is 9.10. The van der Waals surface area contributed by atoms with E-state index in [4.69, 9.17) is 5.73 Å². The highest BCUT2D eigenvalue weighted by Gasteiger charge is 2.29. The van der Waals surface area contributed by atoms with E-state index in [2.05, 4.69) is 35.9 Å². The maximum absolute atomic E-state index is 5.85. The molecule has 1 saturated carbocycles. The van der Waals surface area contributed by atoms with Gasteiger partial charge in [-0.3, -0.25) is 0 Å². The zero-order valence-electron chi connectivity index (χ0n) is 8.44. The normalized spacial score (nSPS) is 15.3. The molecule has 3 N–H and O–H groups in total. The second kappa shape index (κ2) is 3.55. The fourth-order valence-corrected chi connectivity index (χ4v) is 2.10. The van der Waals surface area contributed by atoms with Crippen LogP contribution in [0.3, 0.4) is 0 Å².